The zero-order chi connectivity index (χ0) is 29.1. The van der Waals surface area contributed by atoms with Gasteiger partial charge in [-0.15, -0.1) is 0 Å². The lowest BCUT2D eigenvalue weighted by Gasteiger charge is -2.24. The van der Waals surface area contributed by atoms with E-state index in [0.29, 0.717) is 33.0 Å². The van der Waals surface area contributed by atoms with Gasteiger partial charge in [-0.25, -0.2) is 14.4 Å². The number of ether oxygens (including phenoxy) is 1. The SMILES string of the molecule is O=c1cc(Cc2cc3c(oc2=O)-c2cc(Cc4cc(=O)oc5cccc(O)c45)ccc2OC3O)c2cc(O)ccc2o1. The van der Waals surface area contributed by atoms with Crippen molar-refractivity contribution in [2.24, 2.45) is 0 Å². The fraction of sp³-hybridized carbons (Fsp3) is 0.0938. The van der Waals surface area contributed by atoms with Crippen molar-refractivity contribution >= 4 is 21.9 Å². The first kappa shape index (κ1) is 25.4. The van der Waals surface area contributed by atoms with Gasteiger partial charge in [0.15, 0.2) is 5.76 Å². The minimum atomic E-state index is -1.43. The Morgan fingerprint density at radius 2 is 1.50 bits per heavy atom. The molecule has 0 aliphatic carbocycles. The Kier molecular flexibility index (Phi) is 5.73. The second kappa shape index (κ2) is 9.50. The van der Waals surface area contributed by atoms with E-state index in [-0.39, 0.29) is 58.1 Å². The van der Waals surface area contributed by atoms with Crippen LogP contribution in [0.3, 0.4) is 0 Å². The zero-order valence-electron chi connectivity index (χ0n) is 21.6. The van der Waals surface area contributed by atoms with Gasteiger partial charge in [0.1, 0.15) is 28.4 Å². The van der Waals surface area contributed by atoms with Crippen LogP contribution in [0.5, 0.6) is 17.2 Å². The standard InChI is InChI=1S/C32H20O10/c33-19-5-7-24-20(14-19)16(12-27(35)39-24)10-18-11-22-30(42-31(18)37)21-9-15(4-6-25(21)41-32(22)38)8-17-13-28(36)40-26-3-1-2-23(34)29(17)26/h1-7,9,11-14,32-34,38H,8,10H2. The maximum Gasteiger partial charge on any atom is 0.339 e. The quantitative estimate of drug-likeness (QED) is 0.260. The van der Waals surface area contributed by atoms with E-state index >= 15 is 0 Å². The van der Waals surface area contributed by atoms with Crippen LogP contribution in [0.25, 0.3) is 33.3 Å². The van der Waals surface area contributed by atoms with Crippen molar-refractivity contribution in [1.29, 1.82) is 0 Å². The number of phenolic OH excluding ortho intramolecular Hbond substituents is 2. The van der Waals surface area contributed by atoms with Gasteiger partial charge in [0, 0.05) is 29.5 Å². The van der Waals surface area contributed by atoms with Gasteiger partial charge in [0.2, 0.25) is 6.29 Å². The average Bonchev–Trinajstić information content (AvgIpc) is 2.94. The van der Waals surface area contributed by atoms with Crippen molar-refractivity contribution in [3.8, 4) is 28.6 Å². The van der Waals surface area contributed by atoms with Gasteiger partial charge in [0.05, 0.1) is 16.5 Å². The van der Waals surface area contributed by atoms with Gasteiger partial charge in [-0.3, -0.25) is 0 Å². The predicted molar refractivity (Wildman–Crippen MR) is 150 cm³/mol. The Morgan fingerprint density at radius 3 is 2.33 bits per heavy atom. The van der Waals surface area contributed by atoms with Crippen molar-refractivity contribution in [3.63, 3.8) is 0 Å². The second-order valence-electron chi connectivity index (χ2n) is 10.0. The molecule has 1 atom stereocenters. The van der Waals surface area contributed by atoms with E-state index < -0.39 is 23.2 Å². The number of hydrogen-bond acceptors (Lipinski definition) is 10. The first-order valence-electron chi connectivity index (χ1n) is 12.9. The largest absolute Gasteiger partial charge is 0.508 e. The van der Waals surface area contributed by atoms with Crippen molar-refractivity contribution in [1.82, 2.24) is 0 Å². The van der Waals surface area contributed by atoms with Crippen LogP contribution in [-0.4, -0.2) is 15.3 Å². The summed E-state index contributed by atoms with van der Waals surface area (Å²) in [6.45, 7) is 0. The van der Waals surface area contributed by atoms with Crippen molar-refractivity contribution in [3.05, 3.63) is 132 Å². The Balaban J connectivity index is 1.30. The molecule has 3 N–H and O–H groups in total. The highest BCUT2D eigenvalue weighted by Crippen LogP contribution is 2.42. The molecule has 0 saturated carbocycles. The summed E-state index contributed by atoms with van der Waals surface area (Å²) >= 11 is 0. The van der Waals surface area contributed by atoms with Crippen LogP contribution < -0.4 is 21.6 Å². The monoisotopic (exact) mass is 564 g/mol. The molecule has 3 aromatic heterocycles. The highest BCUT2D eigenvalue weighted by atomic mass is 16.6. The number of phenols is 2. The van der Waals surface area contributed by atoms with Gasteiger partial charge in [-0.1, -0.05) is 12.1 Å². The second-order valence-corrected chi connectivity index (χ2v) is 10.0. The predicted octanol–water partition coefficient (Wildman–Crippen LogP) is 4.50. The summed E-state index contributed by atoms with van der Waals surface area (Å²) in [5, 5.41) is 32.0. The molecule has 208 valence electrons. The number of hydrogen-bond donors (Lipinski definition) is 3. The van der Waals surface area contributed by atoms with Crippen LogP contribution in [0.2, 0.25) is 0 Å². The Bertz CT molecular complexity index is 2240. The molecule has 0 radical (unpaired) electrons. The summed E-state index contributed by atoms with van der Waals surface area (Å²) < 4.78 is 21.9. The van der Waals surface area contributed by atoms with Gasteiger partial charge < -0.3 is 33.3 Å². The van der Waals surface area contributed by atoms with E-state index in [9.17, 15) is 29.7 Å². The number of fused-ring (bicyclic) bond motifs is 5. The zero-order valence-corrected chi connectivity index (χ0v) is 21.6. The van der Waals surface area contributed by atoms with Crippen molar-refractivity contribution in [2.45, 2.75) is 19.1 Å². The maximum absolute atomic E-state index is 13.2. The fourth-order valence-corrected chi connectivity index (χ4v) is 5.40. The lowest BCUT2D eigenvalue weighted by Crippen LogP contribution is -2.19. The lowest BCUT2D eigenvalue weighted by molar-refractivity contribution is -0.0232. The minimum Gasteiger partial charge on any atom is -0.508 e. The number of benzene rings is 3. The molecule has 10 nitrogen and oxygen atoms in total. The first-order chi connectivity index (χ1) is 20.2. The van der Waals surface area contributed by atoms with Crippen molar-refractivity contribution < 1.29 is 33.3 Å². The third-order valence-electron chi connectivity index (χ3n) is 7.26. The molecule has 7 rings (SSSR count). The molecule has 1 unspecified atom stereocenters. The summed E-state index contributed by atoms with van der Waals surface area (Å²) in [6.07, 6.45) is -1.22. The van der Waals surface area contributed by atoms with E-state index in [0.717, 1.165) is 0 Å². The molecular formula is C32H20O10. The van der Waals surface area contributed by atoms with Gasteiger partial charge >= 0.3 is 16.9 Å². The molecule has 1 aliphatic heterocycles. The summed E-state index contributed by atoms with van der Waals surface area (Å²) in [4.78, 5) is 37.5. The third kappa shape index (κ3) is 4.30. The molecule has 0 bridgehead atoms. The van der Waals surface area contributed by atoms with Crippen LogP contribution in [0.4, 0.5) is 0 Å². The normalized spacial score (nSPS) is 14.0. The molecular weight excluding hydrogens is 544 g/mol. The molecule has 0 spiro atoms. The molecule has 6 aromatic rings. The Labute approximate surface area is 234 Å². The lowest BCUT2D eigenvalue weighted by atomic mass is 9.95. The van der Waals surface area contributed by atoms with Gasteiger partial charge in [-0.05, 0) is 71.6 Å². The molecule has 4 heterocycles. The fourth-order valence-electron chi connectivity index (χ4n) is 5.40. The summed E-state index contributed by atoms with van der Waals surface area (Å²) in [6, 6.07) is 18.1. The summed E-state index contributed by atoms with van der Waals surface area (Å²) in [5.41, 5.74) is 1.12. The molecule has 0 saturated heterocycles. The Morgan fingerprint density at radius 1 is 0.714 bits per heavy atom. The highest BCUT2D eigenvalue weighted by Gasteiger charge is 2.29. The molecule has 42 heavy (non-hydrogen) atoms. The van der Waals surface area contributed by atoms with Crippen LogP contribution in [-0.2, 0) is 12.8 Å². The molecule has 0 amide bonds. The van der Waals surface area contributed by atoms with Gasteiger partial charge in [-0.2, -0.15) is 0 Å². The average molecular weight is 565 g/mol. The number of aliphatic hydroxyl groups excluding tert-OH is 1. The molecule has 10 heteroatoms. The number of aromatic hydroxyl groups is 2. The maximum atomic E-state index is 13.2. The van der Waals surface area contributed by atoms with Crippen LogP contribution >= 0.6 is 0 Å². The third-order valence-corrected chi connectivity index (χ3v) is 7.26. The van der Waals surface area contributed by atoms with E-state index in [4.69, 9.17) is 18.0 Å². The molecule has 0 fully saturated rings. The summed E-state index contributed by atoms with van der Waals surface area (Å²) in [5.74, 6) is 0.344. The Hall–Kier alpha value is -5.61. The van der Waals surface area contributed by atoms with E-state index in [1.807, 2.05) is 0 Å². The van der Waals surface area contributed by atoms with E-state index in [1.54, 1.807) is 30.3 Å². The minimum absolute atomic E-state index is 0.0290. The van der Waals surface area contributed by atoms with Crippen LogP contribution in [0.1, 0.15) is 34.1 Å². The van der Waals surface area contributed by atoms with Crippen LogP contribution in [0.15, 0.2) is 100 Å². The van der Waals surface area contributed by atoms with Crippen LogP contribution in [0, 0.1) is 0 Å². The number of aliphatic hydroxyl groups is 1. The van der Waals surface area contributed by atoms with E-state index in [2.05, 4.69) is 0 Å². The first-order valence-corrected chi connectivity index (χ1v) is 12.9. The summed E-state index contributed by atoms with van der Waals surface area (Å²) in [7, 11) is 0. The van der Waals surface area contributed by atoms with Crippen molar-refractivity contribution in [2.75, 3.05) is 0 Å². The van der Waals surface area contributed by atoms with E-state index in [1.165, 1.54) is 42.5 Å². The number of rotatable bonds is 4. The smallest absolute Gasteiger partial charge is 0.339 e. The molecule has 3 aromatic carbocycles. The topological polar surface area (TPSA) is 161 Å². The van der Waals surface area contributed by atoms with Gasteiger partial charge in [0.25, 0.3) is 0 Å². The highest BCUT2D eigenvalue weighted by molar-refractivity contribution is 5.87. The molecule has 1 aliphatic rings.